The number of aryl methyl sites for hydroxylation is 2. The summed E-state index contributed by atoms with van der Waals surface area (Å²) in [4.78, 5) is 12.0. The highest BCUT2D eigenvalue weighted by atomic mass is 35.5. The van der Waals surface area contributed by atoms with Crippen LogP contribution in [0, 0.1) is 24.5 Å². The van der Waals surface area contributed by atoms with Crippen LogP contribution in [0.3, 0.4) is 0 Å². The Bertz CT molecular complexity index is 832. The lowest BCUT2D eigenvalue weighted by molar-refractivity contribution is 0.482. The molecule has 0 amide bonds. The number of aromatic nitrogens is 5. The predicted octanol–water partition coefficient (Wildman–Crippen LogP) is 2.31. The van der Waals surface area contributed by atoms with Crippen molar-refractivity contribution < 1.29 is 0 Å². The summed E-state index contributed by atoms with van der Waals surface area (Å²) in [5.74, 6) is 0.417. The van der Waals surface area contributed by atoms with Crippen molar-refractivity contribution in [3.63, 3.8) is 0 Å². The van der Waals surface area contributed by atoms with Crippen molar-refractivity contribution in [1.82, 2.24) is 24.7 Å². The van der Waals surface area contributed by atoms with Gasteiger partial charge in [-0.3, -0.25) is 14.6 Å². The van der Waals surface area contributed by atoms with E-state index in [1.807, 2.05) is 6.92 Å². The van der Waals surface area contributed by atoms with Crippen molar-refractivity contribution in [2.45, 2.75) is 34.2 Å². The first-order valence-corrected chi connectivity index (χ1v) is 7.55. The highest BCUT2D eigenvalue weighted by molar-refractivity contribution is 7.71. The average Bonchev–Trinajstić information content (AvgIpc) is 2.69. The fraction of sp³-hybridized carbons (Fsp3) is 0.462. The van der Waals surface area contributed by atoms with Crippen molar-refractivity contribution in [2.24, 2.45) is 11.0 Å². The molecule has 0 radical (unpaired) electrons. The van der Waals surface area contributed by atoms with E-state index in [1.54, 1.807) is 11.6 Å². The summed E-state index contributed by atoms with van der Waals surface area (Å²) < 4.78 is 2.92. The maximum absolute atomic E-state index is 12.0. The first-order valence-electron chi connectivity index (χ1n) is 6.76. The topological polar surface area (TPSA) is 80.9 Å². The molecule has 2 heterocycles. The monoisotopic (exact) mass is 340 g/mol. The third-order valence-electron chi connectivity index (χ3n) is 2.96. The van der Waals surface area contributed by atoms with Crippen molar-refractivity contribution in [2.75, 3.05) is 0 Å². The molecule has 7 nitrogen and oxygen atoms in total. The maximum Gasteiger partial charge on any atom is 0.296 e. The van der Waals surface area contributed by atoms with Crippen LogP contribution >= 0.6 is 23.8 Å². The van der Waals surface area contributed by atoms with Crippen LogP contribution in [-0.2, 0) is 6.54 Å². The van der Waals surface area contributed by atoms with E-state index in [2.05, 4.69) is 34.2 Å². The summed E-state index contributed by atoms with van der Waals surface area (Å²) in [5, 5.41) is 15.3. The van der Waals surface area contributed by atoms with Crippen LogP contribution in [0.1, 0.15) is 30.8 Å². The van der Waals surface area contributed by atoms with Crippen LogP contribution in [0.2, 0.25) is 5.15 Å². The van der Waals surface area contributed by atoms with Gasteiger partial charge in [-0.1, -0.05) is 25.4 Å². The van der Waals surface area contributed by atoms with Crippen LogP contribution in [0.5, 0.6) is 0 Å². The predicted molar refractivity (Wildman–Crippen MR) is 88.2 cm³/mol. The van der Waals surface area contributed by atoms with Gasteiger partial charge in [-0.15, -0.1) is 0 Å². The quantitative estimate of drug-likeness (QED) is 0.684. The van der Waals surface area contributed by atoms with Crippen molar-refractivity contribution in [1.29, 1.82) is 0 Å². The second kappa shape index (κ2) is 6.53. The minimum Gasteiger partial charge on any atom is -0.265 e. The van der Waals surface area contributed by atoms with E-state index in [0.717, 1.165) is 10.4 Å². The van der Waals surface area contributed by atoms with E-state index < -0.39 is 0 Å². The van der Waals surface area contributed by atoms with Gasteiger partial charge in [-0.2, -0.15) is 20.0 Å². The zero-order valence-corrected chi connectivity index (χ0v) is 14.4. The molecule has 0 saturated heterocycles. The molecule has 118 valence electrons. The molecule has 0 unspecified atom stereocenters. The molecule has 0 aliphatic carbocycles. The van der Waals surface area contributed by atoms with Crippen LogP contribution in [-0.4, -0.2) is 30.9 Å². The first-order chi connectivity index (χ1) is 10.3. The lowest BCUT2D eigenvalue weighted by Gasteiger charge is -2.05. The molecule has 2 aromatic heterocycles. The fourth-order valence-electron chi connectivity index (χ4n) is 1.87. The molecule has 9 heteroatoms. The van der Waals surface area contributed by atoms with E-state index in [1.165, 1.54) is 6.21 Å². The average molecular weight is 341 g/mol. The Kier molecular flexibility index (Phi) is 4.92. The van der Waals surface area contributed by atoms with Crippen molar-refractivity contribution in [3.8, 4) is 0 Å². The van der Waals surface area contributed by atoms with Gasteiger partial charge in [0.25, 0.3) is 5.56 Å². The Labute approximate surface area is 137 Å². The molecule has 0 bridgehead atoms. The van der Waals surface area contributed by atoms with Crippen LogP contribution in [0.25, 0.3) is 0 Å². The van der Waals surface area contributed by atoms with E-state index in [4.69, 9.17) is 23.8 Å². The lowest BCUT2D eigenvalue weighted by Crippen LogP contribution is -2.22. The zero-order valence-electron chi connectivity index (χ0n) is 12.8. The fourth-order valence-corrected chi connectivity index (χ4v) is 2.34. The number of H-pyrrole nitrogens is 1. The Morgan fingerprint density at radius 1 is 1.41 bits per heavy atom. The van der Waals surface area contributed by atoms with Gasteiger partial charge in [-0.05, 0) is 32.0 Å². The number of nitrogens with zero attached hydrogens (tertiary/aromatic N) is 5. The zero-order chi connectivity index (χ0) is 16.4. The normalized spacial score (nSPS) is 11.7. The molecular formula is C13H17ClN6OS. The second-order valence-electron chi connectivity index (χ2n) is 5.34. The number of halogens is 1. The Hall–Kier alpha value is -1.80. The highest BCUT2D eigenvalue weighted by Crippen LogP contribution is 2.19. The Morgan fingerprint density at radius 3 is 2.73 bits per heavy atom. The van der Waals surface area contributed by atoms with Crippen LogP contribution in [0.15, 0.2) is 9.90 Å². The Balaban J connectivity index is 2.44. The van der Waals surface area contributed by atoms with E-state index in [9.17, 15) is 4.79 Å². The third kappa shape index (κ3) is 3.33. The molecule has 0 spiro atoms. The molecule has 0 atom stereocenters. The molecule has 2 rings (SSSR count). The van der Waals surface area contributed by atoms with Gasteiger partial charge in [0.2, 0.25) is 4.77 Å². The van der Waals surface area contributed by atoms with E-state index >= 15 is 0 Å². The van der Waals surface area contributed by atoms with Crippen molar-refractivity contribution in [3.05, 3.63) is 37.2 Å². The highest BCUT2D eigenvalue weighted by Gasteiger charge is 2.13. The van der Waals surface area contributed by atoms with Gasteiger partial charge in [-0.25, -0.2) is 0 Å². The molecule has 1 N–H and O–H groups in total. The smallest absolute Gasteiger partial charge is 0.265 e. The molecule has 0 saturated carbocycles. The minimum atomic E-state index is -0.372. The minimum absolute atomic E-state index is 0.121. The van der Waals surface area contributed by atoms with E-state index in [0.29, 0.717) is 23.2 Å². The number of hydrogen-bond acceptors (Lipinski definition) is 5. The summed E-state index contributed by atoms with van der Waals surface area (Å²) in [6.07, 6.45) is 1.49. The molecule has 0 aliphatic rings. The lowest BCUT2D eigenvalue weighted by atomic mass is 10.2. The van der Waals surface area contributed by atoms with Gasteiger partial charge in [0.05, 0.1) is 17.5 Å². The molecule has 22 heavy (non-hydrogen) atoms. The number of hydrogen-bond donors (Lipinski definition) is 1. The SMILES string of the molecule is Cc1nn(CC(C)C)c(Cl)c1/C=N\n1c(=S)[nH]nc(C)c1=O. The second-order valence-corrected chi connectivity index (χ2v) is 6.09. The summed E-state index contributed by atoms with van der Waals surface area (Å²) in [5.41, 5.74) is 1.31. The summed E-state index contributed by atoms with van der Waals surface area (Å²) in [6, 6.07) is 0. The van der Waals surface area contributed by atoms with Gasteiger partial charge < -0.3 is 0 Å². The maximum atomic E-state index is 12.0. The van der Waals surface area contributed by atoms with Gasteiger partial charge >= 0.3 is 0 Å². The van der Waals surface area contributed by atoms with Gasteiger partial charge in [0.15, 0.2) is 0 Å². The molecule has 2 aromatic rings. The van der Waals surface area contributed by atoms with Crippen LogP contribution in [0.4, 0.5) is 0 Å². The molecular weight excluding hydrogens is 324 g/mol. The molecule has 0 fully saturated rings. The summed E-state index contributed by atoms with van der Waals surface area (Å²) in [6.45, 7) is 8.30. The molecule has 0 aliphatic heterocycles. The number of rotatable bonds is 4. The van der Waals surface area contributed by atoms with Gasteiger partial charge in [0, 0.05) is 6.54 Å². The summed E-state index contributed by atoms with van der Waals surface area (Å²) in [7, 11) is 0. The Morgan fingerprint density at radius 2 is 2.09 bits per heavy atom. The third-order valence-corrected chi connectivity index (χ3v) is 3.63. The van der Waals surface area contributed by atoms with Gasteiger partial charge in [0.1, 0.15) is 10.8 Å². The van der Waals surface area contributed by atoms with Crippen LogP contribution < -0.4 is 5.56 Å². The first kappa shape index (κ1) is 16.6. The largest absolute Gasteiger partial charge is 0.296 e. The molecule has 0 aromatic carbocycles. The number of aromatic amines is 1. The van der Waals surface area contributed by atoms with Crippen molar-refractivity contribution >= 4 is 30.0 Å². The summed E-state index contributed by atoms with van der Waals surface area (Å²) >= 11 is 11.3. The van der Waals surface area contributed by atoms with E-state index in [-0.39, 0.29) is 16.0 Å². The standard InChI is InChI=1S/C13H17ClN6OS/c1-7(2)6-19-11(14)10(8(3)18-19)5-15-20-12(21)9(4)16-17-13(20)22/h5,7H,6H2,1-4H3,(H,17,22)/b15-5-. The number of nitrogens with one attached hydrogen (secondary N) is 1.